The van der Waals surface area contributed by atoms with Gasteiger partial charge < -0.3 is 10.2 Å². The van der Waals surface area contributed by atoms with Gasteiger partial charge in [0.05, 0.1) is 0 Å². The average molecular weight is 325 g/mol. The van der Waals surface area contributed by atoms with E-state index in [0.29, 0.717) is 12.8 Å². The molecular formula is C20H27N3O. The molecule has 0 aliphatic rings. The molecule has 0 saturated carbocycles. The minimum atomic E-state index is 0.0462. The van der Waals surface area contributed by atoms with Crippen molar-refractivity contribution in [2.75, 3.05) is 23.3 Å². The molecule has 128 valence electrons. The summed E-state index contributed by atoms with van der Waals surface area (Å²) in [6.07, 6.45) is 3.01. The number of aryl methyl sites for hydroxylation is 2. The zero-order valence-corrected chi connectivity index (χ0v) is 15.1. The van der Waals surface area contributed by atoms with E-state index in [1.165, 1.54) is 5.56 Å². The van der Waals surface area contributed by atoms with Crippen LogP contribution in [0.2, 0.25) is 0 Å². The highest BCUT2D eigenvalue weighted by molar-refractivity contribution is 5.91. The number of carbonyl (C=O) groups is 1. The molecule has 1 aromatic heterocycles. The SMILES string of the molecule is CCN(CC)c1cc(CCC(=O)Nc2cccc(C)c2C)ccn1. The molecule has 4 heteroatoms. The van der Waals surface area contributed by atoms with Gasteiger partial charge in [-0.3, -0.25) is 4.79 Å². The molecule has 0 fully saturated rings. The monoisotopic (exact) mass is 325 g/mol. The van der Waals surface area contributed by atoms with E-state index in [1.54, 1.807) is 0 Å². The van der Waals surface area contributed by atoms with Crippen molar-refractivity contribution in [2.45, 2.75) is 40.5 Å². The summed E-state index contributed by atoms with van der Waals surface area (Å²) in [4.78, 5) is 18.9. The zero-order chi connectivity index (χ0) is 17.5. The third-order valence-electron chi connectivity index (χ3n) is 4.42. The predicted molar refractivity (Wildman–Crippen MR) is 101 cm³/mol. The van der Waals surface area contributed by atoms with Crippen LogP contribution in [0.25, 0.3) is 0 Å². The average Bonchev–Trinajstić information content (AvgIpc) is 2.59. The number of amides is 1. The van der Waals surface area contributed by atoms with Crippen molar-refractivity contribution in [3.8, 4) is 0 Å². The second kappa shape index (κ2) is 8.48. The topological polar surface area (TPSA) is 45.2 Å². The predicted octanol–water partition coefficient (Wildman–Crippen LogP) is 4.12. The number of hydrogen-bond acceptors (Lipinski definition) is 3. The Labute approximate surface area is 144 Å². The maximum absolute atomic E-state index is 12.2. The highest BCUT2D eigenvalue weighted by atomic mass is 16.1. The van der Waals surface area contributed by atoms with Crippen molar-refractivity contribution >= 4 is 17.4 Å². The van der Waals surface area contributed by atoms with E-state index in [1.807, 2.05) is 31.3 Å². The molecule has 2 aromatic rings. The molecule has 0 unspecified atom stereocenters. The molecule has 2 rings (SSSR count). The minimum Gasteiger partial charge on any atom is -0.357 e. The molecule has 0 bridgehead atoms. The Balaban J connectivity index is 1.97. The maximum Gasteiger partial charge on any atom is 0.224 e. The van der Waals surface area contributed by atoms with Crippen molar-refractivity contribution in [1.29, 1.82) is 0 Å². The van der Waals surface area contributed by atoms with Gasteiger partial charge in [-0.25, -0.2) is 4.98 Å². The molecule has 0 radical (unpaired) electrons. The van der Waals surface area contributed by atoms with Gasteiger partial charge in [0, 0.05) is 31.4 Å². The Morgan fingerprint density at radius 3 is 2.62 bits per heavy atom. The van der Waals surface area contributed by atoms with Crippen molar-refractivity contribution in [1.82, 2.24) is 4.98 Å². The van der Waals surface area contributed by atoms with E-state index in [-0.39, 0.29) is 5.91 Å². The number of anilines is 2. The Kier molecular flexibility index (Phi) is 6.36. The van der Waals surface area contributed by atoms with Crippen LogP contribution >= 0.6 is 0 Å². The standard InChI is InChI=1S/C20H27N3O/c1-5-23(6-2)19-14-17(12-13-21-19)10-11-20(24)22-18-9-7-8-15(3)16(18)4/h7-9,12-14H,5-6,10-11H2,1-4H3,(H,22,24). The first kappa shape index (κ1) is 18.0. The number of nitrogens with zero attached hydrogens (tertiary/aromatic N) is 2. The fraction of sp³-hybridized carbons (Fsp3) is 0.400. The molecule has 0 saturated heterocycles. The second-order valence-corrected chi connectivity index (χ2v) is 5.99. The smallest absolute Gasteiger partial charge is 0.224 e. The normalized spacial score (nSPS) is 10.5. The van der Waals surface area contributed by atoms with Gasteiger partial charge in [0.25, 0.3) is 0 Å². The Hall–Kier alpha value is -2.36. The van der Waals surface area contributed by atoms with E-state index in [2.05, 4.69) is 48.1 Å². The number of nitrogens with one attached hydrogen (secondary N) is 1. The lowest BCUT2D eigenvalue weighted by Crippen LogP contribution is -2.23. The van der Waals surface area contributed by atoms with Crippen LogP contribution in [0.4, 0.5) is 11.5 Å². The van der Waals surface area contributed by atoms with Gasteiger partial charge in [0.1, 0.15) is 5.82 Å². The summed E-state index contributed by atoms with van der Waals surface area (Å²) >= 11 is 0. The summed E-state index contributed by atoms with van der Waals surface area (Å²) < 4.78 is 0. The molecule has 0 aliphatic heterocycles. The van der Waals surface area contributed by atoms with Crippen molar-refractivity contribution in [2.24, 2.45) is 0 Å². The molecule has 0 spiro atoms. The van der Waals surface area contributed by atoms with Crippen LogP contribution in [0.15, 0.2) is 36.5 Å². The van der Waals surface area contributed by atoms with Gasteiger partial charge >= 0.3 is 0 Å². The number of hydrogen-bond donors (Lipinski definition) is 1. The molecule has 1 aromatic carbocycles. The van der Waals surface area contributed by atoms with Gasteiger partial charge in [-0.2, -0.15) is 0 Å². The molecular weight excluding hydrogens is 298 g/mol. The molecule has 1 amide bonds. The quantitative estimate of drug-likeness (QED) is 0.833. The van der Waals surface area contributed by atoms with Crippen LogP contribution in [0.3, 0.4) is 0 Å². The van der Waals surface area contributed by atoms with Gasteiger partial charge in [-0.05, 0) is 69.0 Å². The largest absolute Gasteiger partial charge is 0.357 e. The summed E-state index contributed by atoms with van der Waals surface area (Å²) in [5, 5.41) is 3.02. The summed E-state index contributed by atoms with van der Waals surface area (Å²) in [7, 11) is 0. The molecule has 0 atom stereocenters. The first-order chi connectivity index (χ1) is 11.5. The van der Waals surface area contributed by atoms with Crippen LogP contribution < -0.4 is 10.2 Å². The molecule has 24 heavy (non-hydrogen) atoms. The van der Waals surface area contributed by atoms with Crippen molar-refractivity contribution in [3.63, 3.8) is 0 Å². The van der Waals surface area contributed by atoms with Crippen molar-refractivity contribution in [3.05, 3.63) is 53.2 Å². The summed E-state index contributed by atoms with van der Waals surface area (Å²) in [6, 6.07) is 10.0. The third-order valence-corrected chi connectivity index (χ3v) is 4.42. The fourth-order valence-corrected chi connectivity index (χ4v) is 2.69. The van der Waals surface area contributed by atoms with Crippen LogP contribution in [-0.2, 0) is 11.2 Å². The lowest BCUT2D eigenvalue weighted by molar-refractivity contribution is -0.116. The highest BCUT2D eigenvalue weighted by Crippen LogP contribution is 2.19. The van der Waals surface area contributed by atoms with Crippen LogP contribution in [-0.4, -0.2) is 24.0 Å². The van der Waals surface area contributed by atoms with Gasteiger partial charge in [-0.1, -0.05) is 12.1 Å². The third kappa shape index (κ3) is 4.57. The first-order valence-electron chi connectivity index (χ1n) is 8.61. The van der Waals surface area contributed by atoms with Crippen LogP contribution in [0.5, 0.6) is 0 Å². The van der Waals surface area contributed by atoms with Crippen LogP contribution in [0, 0.1) is 13.8 Å². The molecule has 0 aliphatic carbocycles. The van der Waals surface area contributed by atoms with Crippen LogP contribution in [0.1, 0.15) is 37.0 Å². The molecule has 1 N–H and O–H groups in total. The van der Waals surface area contributed by atoms with E-state index in [4.69, 9.17) is 0 Å². The minimum absolute atomic E-state index is 0.0462. The second-order valence-electron chi connectivity index (χ2n) is 5.99. The van der Waals surface area contributed by atoms with Gasteiger partial charge in [0.2, 0.25) is 5.91 Å². The molecule has 4 nitrogen and oxygen atoms in total. The number of benzene rings is 1. The number of rotatable bonds is 7. The Morgan fingerprint density at radius 1 is 1.17 bits per heavy atom. The van der Waals surface area contributed by atoms with E-state index < -0.39 is 0 Å². The summed E-state index contributed by atoms with van der Waals surface area (Å²) in [5.74, 6) is 1.03. The summed E-state index contributed by atoms with van der Waals surface area (Å²) in [6.45, 7) is 10.2. The lowest BCUT2D eigenvalue weighted by Gasteiger charge is -2.20. The van der Waals surface area contributed by atoms with Crippen molar-refractivity contribution < 1.29 is 4.79 Å². The highest BCUT2D eigenvalue weighted by Gasteiger charge is 2.08. The fourth-order valence-electron chi connectivity index (χ4n) is 2.69. The molecule has 1 heterocycles. The number of carbonyl (C=O) groups excluding carboxylic acids is 1. The Bertz CT molecular complexity index is 693. The lowest BCUT2D eigenvalue weighted by atomic mass is 10.1. The Morgan fingerprint density at radius 2 is 1.92 bits per heavy atom. The first-order valence-corrected chi connectivity index (χ1v) is 8.61. The van der Waals surface area contributed by atoms with E-state index in [0.717, 1.165) is 35.7 Å². The van der Waals surface area contributed by atoms with Gasteiger partial charge in [-0.15, -0.1) is 0 Å². The zero-order valence-electron chi connectivity index (χ0n) is 15.1. The number of pyridine rings is 1. The maximum atomic E-state index is 12.2. The summed E-state index contributed by atoms with van der Waals surface area (Å²) in [5.41, 5.74) is 4.35. The number of aromatic nitrogens is 1. The van der Waals surface area contributed by atoms with E-state index in [9.17, 15) is 4.79 Å². The van der Waals surface area contributed by atoms with Gasteiger partial charge in [0.15, 0.2) is 0 Å². The van der Waals surface area contributed by atoms with E-state index >= 15 is 0 Å².